The molecular weight excluding hydrogens is 380 g/mol. The summed E-state index contributed by atoms with van der Waals surface area (Å²) in [5, 5.41) is 6.19. The average Bonchev–Trinajstić information content (AvgIpc) is 2.66. The summed E-state index contributed by atoms with van der Waals surface area (Å²) in [5.74, 6) is 1.62. The molecule has 1 unspecified atom stereocenters. The van der Waals surface area contributed by atoms with Crippen LogP contribution in [0, 0.1) is 23.2 Å². The van der Waals surface area contributed by atoms with Crippen LogP contribution in [0.15, 0.2) is 30.3 Å². The maximum Gasteiger partial charge on any atom is 0.407 e. The van der Waals surface area contributed by atoms with Gasteiger partial charge in [0.15, 0.2) is 0 Å². The summed E-state index contributed by atoms with van der Waals surface area (Å²) in [6, 6.07) is 9.91. The number of nitrogens with one attached hydrogen (secondary N) is 2. The van der Waals surface area contributed by atoms with E-state index in [1.807, 2.05) is 51.1 Å². The third kappa shape index (κ3) is 4.90. The highest BCUT2D eigenvalue weighted by atomic mass is 16.6. The van der Waals surface area contributed by atoms with E-state index in [2.05, 4.69) is 10.6 Å². The van der Waals surface area contributed by atoms with Crippen molar-refractivity contribution in [3.8, 4) is 0 Å². The van der Waals surface area contributed by atoms with Crippen LogP contribution < -0.4 is 10.6 Å². The fraction of sp³-hybridized carbons (Fsp3) is 0.667. The highest BCUT2D eigenvalue weighted by Gasteiger charge is 2.55. The van der Waals surface area contributed by atoms with Crippen LogP contribution in [0.5, 0.6) is 0 Å². The number of rotatable bonds is 5. The maximum absolute atomic E-state index is 12.3. The van der Waals surface area contributed by atoms with Crippen LogP contribution in [-0.2, 0) is 16.1 Å². The molecule has 4 bridgehead atoms. The van der Waals surface area contributed by atoms with Gasteiger partial charge in [0.1, 0.15) is 12.2 Å². The van der Waals surface area contributed by atoms with Crippen LogP contribution in [0.25, 0.3) is 0 Å². The van der Waals surface area contributed by atoms with Crippen LogP contribution in [-0.4, -0.2) is 30.4 Å². The molecule has 0 heterocycles. The minimum atomic E-state index is -0.485. The van der Waals surface area contributed by atoms with E-state index in [4.69, 9.17) is 9.47 Å². The lowest BCUT2D eigenvalue weighted by molar-refractivity contribution is -0.0753. The zero-order valence-corrected chi connectivity index (χ0v) is 18.3. The first-order valence-electron chi connectivity index (χ1n) is 11.2. The van der Waals surface area contributed by atoms with E-state index in [1.54, 1.807) is 0 Å². The van der Waals surface area contributed by atoms with Gasteiger partial charge in [-0.05, 0) is 81.6 Å². The third-order valence-electron chi connectivity index (χ3n) is 6.90. The van der Waals surface area contributed by atoms with Gasteiger partial charge in [0.05, 0.1) is 0 Å². The highest BCUT2D eigenvalue weighted by molar-refractivity contribution is 5.68. The van der Waals surface area contributed by atoms with Crippen molar-refractivity contribution in [1.82, 2.24) is 10.6 Å². The molecule has 1 aromatic carbocycles. The molecule has 0 aromatic heterocycles. The number of ether oxygens (including phenoxy) is 2. The third-order valence-corrected chi connectivity index (χ3v) is 6.90. The first-order valence-corrected chi connectivity index (χ1v) is 11.2. The first-order chi connectivity index (χ1) is 14.2. The number of carbonyl (C=O) groups excluding carboxylic acids is 2. The summed E-state index contributed by atoms with van der Waals surface area (Å²) < 4.78 is 10.9. The predicted octanol–water partition coefficient (Wildman–Crippen LogP) is 4.63. The van der Waals surface area contributed by atoms with E-state index >= 15 is 0 Å². The molecule has 164 valence electrons. The highest BCUT2D eigenvalue weighted by Crippen LogP contribution is 2.59. The van der Waals surface area contributed by atoms with Crippen molar-refractivity contribution in [3.05, 3.63) is 35.9 Å². The number of benzene rings is 1. The zero-order valence-electron chi connectivity index (χ0n) is 18.3. The van der Waals surface area contributed by atoms with Crippen molar-refractivity contribution in [2.24, 2.45) is 23.2 Å². The van der Waals surface area contributed by atoms with Gasteiger partial charge in [-0.2, -0.15) is 0 Å². The van der Waals surface area contributed by atoms with Crippen LogP contribution in [0.4, 0.5) is 9.59 Å². The van der Waals surface area contributed by atoms with Gasteiger partial charge in [-0.15, -0.1) is 0 Å². The summed E-state index contributed by atoms with van der Waals surface area (Å²) in [7, 11) is 0. The van der Waals surface area contributed by atoms with Gasteiger partial charge in [-0.1, -0.05) is 30.3 Å². The maximum atomic E-state index is 12.3. The molecule has 4 fully saturated rings. The molecule has 4 saturated carbocycles. The number of amides is 2. The van der Waals surface area contributed by atoms with Crippen LogP contribution in [0.1, 0.15) is 58.4 Å². The lowest BCUT2D eigenvalue weighted by atomic mass is 9.48. The standard InChI is InChI=1S/C24H34N2O4/c1-23(2,3)30-22(28)26-20-18-9-17-10-19(20)13-24(11-17,12-18)15-25-21(27)29-14-16-7-5-4-6-8-16/h4-8,17-20H,9-15H2,1-3H3,(H,25,27)(H,26,28)/t17?,18-,19+,20-,24-. The van der Waals surface area contributed by atoms with Crippen molar-refractivity contribution < 1.29 is 19.1 Å². The Balaban J connectivity index is 1.30. The van der Waals surface area contributed by atoms with Gasteiger partial charge < -0.3 is 20.1 Å². The van der Waals surface area contributed by atoms with Crippen molar-refractivity contribution in [2.45, 2.75) is 71.1 Å². The van der Waals surface area contributed by atoms with Crippen LogP contribution in [0.3, 0.4) is 0 Å². The topological polar surface area (TPSA) is 76.7 Å². The Labute approximate surface area is 179 Å². The summed E-state index contributed by atoms with van der Waals surface area (Å²) in [6.07, 6.45) is 4.92. The van der Waals surface area contributed by atoms with Crippen molar-refractivity contribution >= 4 is 12.2 Å². The summed E-state index contributed by atoms with van der Waals surface area (Å²) in [4.78, 5) is 24.6. The van der Waals surface area contributed by atoms with E-state index in [0.717, 1.165) is 37.7 Å². The Bertz CT molecular complexity index is 757. The molecule has 0 aliphatic heterocycles. The minimum Gasteiger partial charge on any atom is -0.445 e. The molecule has 0 saturated heterocycles. The normalized spacial score (nSPS) is 31.8. The quantitative estimate of drug-likeness (QED) is 0.736. The summed E-state index contributed by atoms with van der Waals surface area (Å²) in [5.41, 5.74) is 0.633. The van der Waals surface area contributed by atoms with Gasteiger partial charge in [0.2, 0.25) is 0 Å². The smallest absolute Gasteiger partial charge is 0.407 e. The molecule has 4 aliphatic rings. The summed E-state index contributed by atoms with van der Waals surface area (Å²) in [6.45, 7) is 6.61. The first kappa shape index (κ1) is 21.0. The van der Waals surface area contributed by atoms with Gasteiger partial charge in [-0.3, -0.25) is 0 Å². The number of carbonyl (C=O) groups is 2. The lowest BCUT2D eigenvalue weighted by Gasteiger charge is -2.60. The molecular formula is C24H34N2O4. The molecule has 6 nitrogen and oxygen atoms in total. The number of alkyl carbamates (subject to hydrolysis) is 2. The van der Waals surface area contributed by atoms with Crippen LogP contribution in [0.2, 0.25) is 0 Å². The predicted molar refractivity (Wildman–Crippen MR) is 114 cm³/mol. The van der Waals surface area contributed by atoms with E-state index in [0.29, 0.717) is 24.3 Å². The van der Waals surface area contributed by atoms with E-state index in [9.17, 15) is 9.59 Å². The molecule has 2 amide bonds. The molecule has 6 heteroatoms. The van der Waals surface area contributed by atoms with Gasteiger partial charge in [0, 0.05) is 12.6 Å². The molecule has 2 N–H and O–H groups in total. The second-order valence-corrected chi connectivity index (χ2v) is 10.6. The Morgan fingerprint density at radius 3 is 2.33 bits per heavy atom. The van der Waals surface area contributed by atoms with E-state index < -0.39 is 5.60 Å². The molecule has 1 aromatic rings. The number of hydrogen-bond acceptors (Lipinski definition) is 4. The average molecular weight is 415 g/mol. The zero-order chi connectivity index (χ0) is 21.4. The monoisotopic (exact) mass is 414 g/mol. The van der Waals surface area contributed by atoms with Crippen molar-refractivity contribution in [2.75, 3.05) is 6.54 Å². The minimum absolute atomic E-state index is 0.133. The Kier molecular flexibility index (Phi) is 5.69. The van der Waals surface area contributed by atoms with Crippen LogP contribution >= 0.6 is 0 Å². The Morgan fingerprint density at radius 1 is 1.03 bits per heavy atom. The van der Waals surface area contributed by atoms with E-state index in [1.165, 1.54) is 0 Å². The second-order valence-electron chi connectivity index (χ2n) is 10.6. The summed E-state index contributed by atoms with van der Waals surface area (Å²) >= 11 is 0. The van der Waals surface area contributed by atoms with Gasteiger partial charge >= 0.3 is 12.2 Å². The molecule has 5 atom stereocenters. The Morgan fingerprint density at radius 2 is 1.70 bits per heavy atom. The largest absolute Gasteiger partial charge is 0.445 e. The van der Waals surface area contributed by atoms with Gasteiger partial charge in [-0.25, -0.2) is 9.59 Å². The lowest BCUT2D eigenvalue weighted by Crippen LogP contribution is -2.61. The fourth-order valence-electron chi connectivity index (χ4n) is 6.12. The Hall–Kier alpha value is -2.24. The number of hydrogen-bond donors (Lipinski definition) is 2. The molecule has 30 heavy (non-hydrogen) atoms. The van der Waals surface area contributed by atoms with Crippen molar-refractivity contribution in [1.29, 1.82) is 0 Å². The fourth-order valence-corrected chi connectivity index (χ4v) is 6.12. The van der Waals surface area contributed by atoms with Gasteiger partial charge in [0.25, 0.3) is 0 Å². The molecule has 4 aliphatic carbocycles. The van der Waals surface area contributed by atoms with E-state index in [-0.39, 0.29) is 30.3 Å². The second kappa shape index (κ2) is 8.12. The molecule has 0 radical (unpaired) electrons. The SMILES string of the molecule is CC(C)(C)OC(=O)N[C@@H]1[C@@H]2CC3C[C@H]1C[C@@](CNC(=O)OCc1ccccc1)(C3)C2. The molecule has 0 spiro atoms. The molecule has 5 rings (SSSR count). The van der Waals surface area contributed by atoms with Crippen molar-refractivity contribution in [3.63, 3.8) is 0 Å².